The molecule has 4 rings (SSSR count). The van der Waals surface area contributed by atoms with E-state index in [1.54, 1.807) is 0 Å². The van der Waals surface area contributed by atoms with E-state index in [0.717, 1.165) is 50.9 Å². The van der Waals surface area contributed by atoms with Crippen LogP contribution in [-0.4, -0.2) is 45.9 Å². The van der Waals surface area contributed by atoms with Crippen LogP contribution in [0.15, 0.2) is 12.4 Å². The van der Waals surface area contributed by atoms with Crippen molar-refractivity contribution in [2.75, 3.05) is 18.0 Å². The van der Waals surface area contributed by atoms with Gasteiger partial charge in [-0.25, -0.2) is 9.97 Å². The van der Waals surface area contributed by atoms with Crippen LogP contribution < -0.4 is 4.90 Å². The minimum Gasteiger partial charge on any atom is -0.350 e. The van der Waals surface area contributed by atoms with Crippen molar-refractivity contribution >= 4 is 11.7 Å². The minimum absolute atomic E-state index is 0.131. The van der Waals surface area contributed by atoms with Gasteiger partial charge in [0.2, 0.25) is 5.91 Å². The van der Waals surface area contributed by atoms with Gasteiger partial charge in [0.15, 0.2) is 0 Å². The van der Waals surface area contributed by atoms with Crippen LogP contribution in [0.2, 0.25) is 0 Å². The fourth-order valence-electron chi connectivity index (χ4n) is 3.62. The summed E-state index contributed by atoms with van der Waals surface area (Å²) >= 11 is 0. The predicted molar refractivity (Wildman–Crippen MR) is 84.9 cm³/mol. The first kappa shape index (κ1) is 16.6. The Morgan fingerprint density at radius 3 is 2.24 bits per heavy atom. The van der Waals surface area contributed by atoms with Crippen molar-refractivity contribution in [1.82, 2.24) is 14.9 Å². The minimum atomic E-state index is -4.47. The molecule has 0 atom stereocenters. The molecule has 1 aromatic heterocycles. The summed E-state index contributed by atoms with van der Waals surface area (Å²) in [4.78, 5) is 23.6. The summed E-state index contributed by atoms with van der Waals surface area (Å²) in [5, 5.41) is 0. The number of carbonyl (C=O) groups is 1. The Morgan fingerprint density at radius 2 is 1.68 bits per heavy atom. The summed E-state index contributed by atoms with van der Waals surface area (Å²) in [5.74, 6) is 0.821. The first-order valence-corrected chi connectivity index (χ1v) is 8.90. The van der Waals surface area contributed by atoms with Gasteiger partial charge < -0.3 is 9.80 Å². The number of likely N-dealkylation sites (tertiary alicyclic amines) is 1. The lowest BCUT2D eigenvalue weighted by atomic mass is 10.0. The average molecular weight is 354 g/mol. The number of rotatable bonds is 4. The van der Waals surface area contributed by atoms with Gasteiger partial charge in [0, 0.05) is 37.2 Å². The number of piperidine rings is 1. The highest BCUT2D eigenvalue weighted by molar-refractivity contribution is 5.81. The second-order valence-electron chi connectivity index (χ2n) is 7.23. The van der Waals surface area contributed by atoms with Crippen LogP contribution in [-0.2, 0) is 11.0 Å². The van der Waals surface area contributed by atoms with E-state index in [4.69, 9.17) is 0 Å². The molecule has 25 heavy (non-hydrogen) atoms. The maximum Gasteiger partial charge on any atom is 0.433 e. The standard InChI is InChI=1S/C17H21F3N4O/c18-17(19,20)14-9-15(22-10-21-14)24(12-3-4-12)13-5-7-23(8-6-13)16(25)11-1-2-11/h9-13H,1-8H2. The van der Waals surface area contributed by atoms with E-state index in [2.05, 4.69) is 9.97 Å². The quantitative estimate of drug-likeness (QED) is 0.834. The van der Waals surface area contributed by atoms with Gasteiger partial charge in [-0.1, -0.05) is 0 Å². The molecular formula is C17H21F3N4O. The Kier molecular flexibility index (Phi) is 4.08. The highest BCUT2D eigenvalue weighted by Crippen LogP contribution is 2.38. The zero-order chi connectivity index (χ0) is 17.6. The number of hydrogen-bond donors (Lipinski definition) is 0. The molecule has 0 N–H and O–H groups in total. The SMILES string of the molecule is O=C(C1CC1)N1CCC(N(c2cc(C(F)(F)F)ncn2)C2CC2)CC1. The van der Waals surface area contributed by atoms with Gasteiger partial charge in [-0.2, -0.15) is 13.2 Å². The third kappa shape index (κ3) is 3.57. The van der Waals surface area contributed by atoms with Crippen LogP contribution in [0.3, 0.4) is 0 Å². The van der Waals surface area contributed by atoms with Crippen molar-refractivity contribution in [3.05, 3.63) is 18.1 Å². The maximum atomic E-state index is 13.0. The first-order chi connectivity index (χ1) is 11.9. The van der Waals surface area contributed by atoms with Crippen LogP contribution in [0.25, 0.3) is 0 Å². The van der Waals surface area contributed by atoms with E-state index in [0.29, 0.717) is 18.9 Å². The third-order valence-corrected chi connectivity index (χ3v) is 5.24. The molecule has 0 aromatic carbocycles. The fourth-order valence-corrected chi connectivity index (χ4v) is 3.62. The van der Waals surface area contributed by atoms with E-state index in [-0.39, 0.29) is 23.9 Å². The van der Waals surface area contributed by atoms with Crippen LogP contribution in [0.5, 0.6) is 0 Å². The lowest BCUT2D eigenvalue weighted by Gasteiger charge is -2.39. The molecule has 136 valence electrons. The Hall–Kier alpha value is -1.86. The predicted octanol–water partition coefficient (Wildman–Crippen LogP) is 2.87. The lowest BCUT2D eigenvalue weighted by molar-refractivity contribution is -0.141. The zero-order valence-electron chi connectivity index (χ0n) is 13.9. The highest BCUT2D eigenvalue weighted by atomic mass is 19.4. The molecule has 0 radical (unpaired) electrons. The molecule has 3 aliphatic rings. The summed E-state index contributed by atoms with van der Waals surface area (Å²) in [6, 6.07) is 1.44. The largest absolute Gasteiger partial charge is 0.433 e. The van der Waals surface area contributed by atoms with Gasteiger partial charge in [-0.3, -0.25) is 4.79 Å². The molecule has 5 nitrogen and oxygen atoms in total. The third-order valence-electron chi connectivity index (χ3n) is 5.24. The number of aromatic nitrogens is 2. The second-order valence-corrected chi connectivity index (χ2v) is 7.23. The van der Waals surface area contributed by atoms with Crippen LogP contribution in [0.4, 0.5) is 19.0 Å². The molecule has 2 aliphatic carbocycles. The smallest absolute Gasteiger partial charge is 0.350 e. The monoisotopic (exact) mass is 354 g/mol. The van der Waals surface area contributed by atoms with Crippen molar-refractivity contribution in [3.8, 4) is 0 Å². The molecule has 1 amide bonds. The molecular weight excluding hydrogens is 333 g/mol. The van der Waals surface area contributed by atoms with Crippen molar-refractivity contribution in [2.45, 2.75) is 56.8 Å². The Balaban J connectivity index is 1.48. The highest BCUT2D eigenvalue weighted by Gasteiger charge is 2.40. The normalized spacial score (nSPS) is 22.1. The van der Waals surface area contributed by atoms with Crippen LogP contribution in [0.1, 0.15) is 44.2 Å². The molecule has 8 heteroatoms. The molecule has 2 saturated carbocycles. The molecule has 0 bridgehead atoms. The van der Waals surface area contributed by atoms with E-state index in [1.165, 1.54) is 0 Å². The van der Waals surface area contributed by atoms with E-state index in [9.17, 15) is 18.0 Å². The molecule has 1 saturated heterocycles. The number of halogens is 3. The first-order valence-electron chi connectivity index (χ1n) is 8.90. The number of alkyl halides is 3. The van der Waals surface area contributed by atoms with E-state index < -0.39 is 11.9 Å². The van der Waals surface area contributed by atoms with E-state index >= 15 is 0 Å². The zero-order valence-corrected chi connectivity index (χ0v) is 13.9. The molecule has 3 fully saturated rings. The van der Waals surface area contributed by atoms with Crippen LogP contribution >= 0.6 is 0 Å². The van der Waals surface area contributed by atoms with Gasteiger partial charge in [-0.15, -0.1) is 0 Å². The van der Waals surface area contributed by atoms with Crippen molar-refractivity contribution < 1.29 is 18.0 Å². The van der Waals surface area contributed by atoms with Gasteiger partial charge in [0.25, 0.3) is 0 Å². The number of nitrogens with zero attached hydrogens (tertiary/aromatic N) is 4. The van der Waals surface area contributed by atoms with Gasteiger partial charge >= 0.3 is 6.18 Å². The summed E-state index contributed by atoms with van der Waals surface area (Å²) in [7, 11) is 0. The van der Waals surface area contributed by atoms with Gasteiger partial charge in [-0.05, 0) is 38.5 Å². The van der Waals surface area contributed by atoms with E-state index in [1.807, 2.05) is 9.80 Å². The summed E-state index contributed by atoms with van der Waals surface area (Å²) in [6.07, 6.45) is 2.04. The Morgan fingerprint density at radius 1 is 1.04 bits per heavy atom. The summed E-state index contributed by atoms with van der Waals surface area (Å²) < 4.78 is 38.9. The van der Waals surface area contributed by atoms with Crippen molar-refractivity contribution in [1.29, 1.82) is 0 Å². The maximum absolute atomic E-state index is 13.0. The molecule has 0 unspecified atom stereocenters. The average Bonchev–Trinajstić information content (AvgIpc) is 3.47. The Bertz CT molecular complexity index is 650. The molecule has 2 heterocycles. The summed E-state index contributed by atoms with van der Waals surface area (Å²) in [5.41, 5.74) is -0.899. The van der Waals surface area contributed by atoms with Crippen molar-refractivity contribution in [3.63, 3.8) is 0 Å². The van der Waals surface area contributed by atoms with Gasteiger partial charge in [0.1, 0.15) is 17.8 Å². The molecule has 1 aliphatic heterocycles. The number of carbonyl (C=O) groups excluding carboxylic acids is 1. The number of anilines is 1. The molecule has 1 aromatic rings. The van der Waals surface area contributed by atoms with Crippen LogP contribution in [0, 0.1) is 5.92 Å². The fraction of sp³-hybridized carbons (Fsp3) is 0.706. The van der Waals surface area contributed by atoms with Gasteiger partial charge in [0.05, 0.1) is 0 Å². The lowest BCUT2D eigenvalue weighted by Crippen LogP contribution is -2.48. The number of amides is 1. The second kappa shape index (κ2) is 6.14. The van der Waals surface area contributed by atoms with Crippen molar-refractivity contribution in [2.24, 2.45) is 5.92 Å². The Labute approximate surface area is 144 Å². The molecule has 0 spiro atoms. The number of hydrogen-bond acceptors (Lipinski definition) is 4. The topological polar surface area (TPSA) is 49.3 Å². The summed E-state index contributed by atoms with van der Waals surface area (Å²) in [6.45, 7) is 1.36.